The number of ether oxygens (including phenoxy) is 1. The van der Waals surface area contributed by atoms with Gasteiger partial charge in [-0.25, -0.2) is 4.79 Å². The smallest absolute Gasteiger partial charge is 0.376 e. The Hall–Kier alpha value is -2.13. The van der Waals surface area contributed by atoms with Crippen molar-refractivity contribution in [2.24, 2.45) is 4.99 Å². The topological polar surface area (TPSA) is 55.6 Å². The number of benzene rings is 1. The standard InChI is InChI=1S/C17H18F3N3O2S/c1-11-10-23(13-6-4-12(5-7-13)17(18,19)20)16(26-11)22-15(24)21-9-14-3-2-8-25-14/h4-7,10,14H,2-3,8-9H2,1H3,(H,21,24)/t14-/m0/s1. The van der Waals surface area contributed by atoms with Gasteiger partial charge in [-0.15, -0.1) is 11.3 Å². The van der Waals surface area contributed by atoms with Gasteiger partial charge < -0.3 is 10.1 Å². The van der Waals surface area contributed by atoms with Crippen LogP contribution in [0.4, 0.5) is 18.0 Å². The van der Waals surface area contributed by atoms with Crippen LogP contribution in [0.3, 0.4) is 0 Å². The monoisotopic (exact) mass is 385 g/mol. The summed E-state index contributed by atoms with van der Waals surface area (Å²) >= 11 is 1.29. The summed E-state index contributed by atoms with van der Waals surface area (Å²) in [6.07, 6.45) is -0.747. The molecule has 1 aliphatic heterocycles. The van der Waals surface area contributed by atoms with Crippen molar-refractivity contribution in [3.8, 4) is 5.69 Å². The molecule has 0 saturated carbocycles. The molecule has 1 atom stereocenters. The van der Waals surface area contributed by atoms with Crippen LogP contribution in [0.1, 0.15) is 23.3 Å². The zero-order valence-electron chi connectivity index (χ0n) is 14.0. The summed E-state index contributed by atoms with van der Waals surface area (Å²) in [7, 11) is 0. The molecule has 1 N–H and O–H groups in total. The number of alkyl halides is 3. The van der Waals surface area contributed by atoms with Crippen molar-refractivity contribution in [3.63, 3.8) is 0 Å². The van der Waals surface area contributed by atoms with Crippen LogP contribution in [0.5, 0.6) is 0 Å². The van der Waals surface area contributed by atoms with Crippen LogP contribution in [0.25, 0.3) is 5.69 Å². The van der Waals surface area contributed by atoms with E-state index < -0.39 is 17.8 Å². The van der Waals surface area contributed by atoms with E-state index in [1.165, 1.54) is 23.5 Å². The van der Waals surface area contributed by atoms with E-state index in [1.54, 1.807) is 10.8 Å². The Kier molecular flexibility index (Phi) is 5.47. The molecule has 3 rings (SSSR count). The van der Waals surface area contributed by atoms with Gasteiger partial charge in [0, 0.05) is 29.9 Å². The van der Waals surface area contributed by atoms with Gasteiger partial charge in [0.2, 0.25) is 0 Å². The number of rotatable bonds is 3. The second-order valence-electron chi connectivity index (χ2n) is 5.97. The lowest BCUT2D eigenvalue weighted by molar-refractivity contribution is -0.137. The maximum Gasteiger partial charge on any atom is 0.416 e. The second-order valence-corrected chi connectivity index (χ2v) is 7.19. The Morgan fingerprint density at radius 1 is 1.38 bits per heavy atom. The number of halogens is 3. The SMILES string of the molecule is Cc1cn(-c2ccc(C(F)(F)F)cc2)c(=NC(=O)NC[C@@H]2CCCO2)s1. The molecule has 9 heteroatoms. The van der Waals surface area contributed by atoms with Gasteiger partial charge in [-0.1, -0.05) is 0 Å². The highest BCUT2D eigenvalue weighted by molar-refractivity contribution is 7.09. The van der Waals surface area contributed by atoms with Gasteiger partial charge in [0.1, 0.15) is 0 Å². The maximum absolute atomic E-state index is 12.7. The summed E-state index contributed by atoms with van der Waals surface area (Å²) in [6, 6.07) is 4.24. The molecule has 2 heterocycles. The molecule has 1 aliphatic rings. The van der Waals surface area contributed by atoms with E-state index in [0.717, 1.165) is 29.9 Å². The quantitative estimate of drug-likeness (QED) is 0.877. The van der Waals surface area contributed by atoms with Crippen molar-refractivity contribution in [3.05, 3.63) is 45.7 Å². The second kappa shape index (κ2) is 7.63. The number of urea groups is 1. The predicted molar refractivity (Wildman–Crippen MR) is 91.3 cm³/mol. The first-order valence-electron chi connectivity index (χ1n) is 8.14. The lowest BCUT2D eigenvalue weighted by Crippen LogP contribution is -2.31. The third-order valence-electron chi connectivity index (χ3n) is 3.94. The Bertz CT molecular complexity index is 834. The van der Waals surface area contributed by atoms with Gasteiger partial charge in [-0.05, 0) is 44.0 Å². The molecule has 1 aromatic carbocycles. The van der Waals surface area contributed by atoms with E-state index in [0.29, 0.717) is 23.6 Å². The lowest BCUT2D eigenvalue weighted by Gasteiger charge is -2.09. The summed E-state index contributed by atoms with van der Waals surface area (Å²) in [4.78, 5) is 17.4. The fourth-order valence-corrected chi connectivity index (χ4v) is 3.49. The molecule has 2 amide bonds. The first-order chi connectivity index (χ1) is 12.3. The fraction of sp³-hybridized carbons (Fsp3) is 0.412. The fourth-order valence-electron chi connectivity index (χ4n) is 2.66. The number of hydrogen-bond acceptors (Lipinski definition) is 3. The summed E-state index contributed by atoms with van der Waals surface area (Å²) < 4.78 is 45.2. The van der Waals surface area contributed by atoms with Crippen molar-refractivity contribution in [1.29, 1.82) is 0 Å². The first kappa shape index (κ1) is 18.7. The predicted octanol–water partition coefficient (Wildman–Crippen LogP) is 3.66. The van der Waals surface area contributed by atoms with Crippen LogP contribution >= 0.6 is 11.3 Å². The average Bonchev–Trinajstić information content (AvgIpc) is 3.22. The van der Waals surface area contributed by atoms with Crippen molar-refractivity contribution in [2.45, 2.75) is 32.0 Å². The average molecular weight is 385 g/mol. The summed E-state index contributed by atoms with van der Waals surface area (Å²) in [5, 5.41) is 2.70. The molecular weight excluding hydrogens is 367 g/mol. The van der Waals surface area contributed by atoms with E-state index >= 15 is 0 Å². The molecule has 5 nitrogen and oxygen atoms in total. The lowest BCUT2D eigenvalue weighted by atomic mass is 10.2. The molecule has 0 unspecified atom stereocenters. The molecule has 0 spiro atoms. The molecular formula is C17H18F3N3O2S. The van der Waals surface area contributed by atoms with Crippen LogP contribution in [-0.2, 0) is 10.9 Å². The minimum atomic E-state index is -4.39. The first-order valence-corrected chi connectivity index (χ1v) is 8.95. The Labute approximate surface area is 152 Å². The van der Waals surface area contributed by atoms with Crippen molar-refractivity contribution in [2.75, 3.05) is 13.2 Å². The summed E-state index contributed by atoms with van der Waals surface area (Å²) in [5.74, 6) is 0. The van der Waals surface area contributed by atoms with Crippen molar-refractivity contribution < 1.29 is 22.7 Å². The number of amides is 2. The molecule has 2 aromatic rings. The van der Waals surface area contributed by atoms with Crippen LogP contribution in [0.2, 0.25) is 0 Å². The molecule has 140 valence electrons. The van der Waals surface area contributed by atoms with Gasteiger partial charge in [0.15, 0.2) is 4.80 Å². The zero-order chi connectivity index (χ0) is 18.7. The number of hydrogen-bond donors (Lipinski definition) is 1. The van der Waals surface area contributed by atoms with Gasteiger partial charge in [0.25, 0.3) is 0 Å². The number of thiazole rings is 1. The highest BCUT2D eigenvalue weighted by Crippen LogP contribution is 2.29. The highest BCUT2D eigenvalue weighted by atomic mass is 32.1. The van der Waals surface area contributed by atoms with Gasteiger partial charge in [-0.3, -0.25) is 4.57 Å². The van der Waals surface area contributed by atoms with E-state index in [2.05, 4.69) is 10.3 Å². The zero-order valence-corrected chi connectivity index (χ0v) is 14.9. The normalized spacial score (nSPS) is 18.3. The van der Waals surface area contributed by atoms with Crippen LogP contribution in [0.15, 0.2) is 35.5 Å². The van der Waals surface area contributed by atoms with E-state index in [4.69, 9.17) is 4.74 Å². The number of carbonyl (C=O) groups is 1. The van der Waals surface area contributed by atoms with Gasteiger partial charge >= 0.3 is 12.2 Å². The van der Waals surface area contributed by atoms with E-state index in [1.807, 2.05) is 6.92 Å². The van der Waals surface area contributed by atoms with E-state index in [9.17, 15) is 18.0 Å². The van der Waals surface area contributed by atoms with Crippen molar-refractivity contribution in [1.82, 2.24) is 9.88 Å². The van der Waals surface area contributed by atoms with E-state index in [-0.39, 0.29) is 6.10 Å². The maximum atomic E-state index is 12.7. The summed E-state index contributed by atoms with van der Waals surface area (Å²) in [5.41, 5.74) is -0.213. The van der Waals surface area contributed by atoms with Crippen LogP contribution in [-0.4, -0.2) is 29.9 Å². The molecule has 0 bridgehead atoms. The van der Waals surface area contributed by atoms with Crippen LogP contribution < -0.4 is 10.1 Å². The number of aromatic nitrogens is 1. The largest absolute Gasteiger partial charge is 0.416 e. The molecule has 1 fully saturated rings. The van der Waals surface area contributed by atoms with Gasteiger partial charge in [-0.2, -0.15) is 18.2 Å². The Morgan fingerprint density at radius 2 is 2.12 bits per heavy atom. The Morgan fingerprint density at radius 3 is 2.73 bits per heavy atom. The van der Waals surface area contributed by atoms with Crippen molar-refractivity contribution >= 4 is 17.4 Å². The molecule has 1 aromatic heterocycles. The minimum Gasteiger partial charge on any atom is -0.376 e. The Balaban J connectivity index is 1.79. The number of nitrogens with zero attached hydrogens (tertiary/aromatic N) is 2. The molecule has 26 heavy (non-hydrogen) atoms. The van der Waals surface area contributed by atoms with Crippen LogP contribution in [0, 0.1) is 6.92 Å². The number of carbonyl (C=O) groups excluding carboxylic acids is 1. The third-order valence-corrected chi connectivity index (χ3v) is 4.84. The minimum absolute atomic E-state index is 0.0151. The molecule has 1 saturated heterocycles. The molecule has 0 radical (unpaired) electrons. The highest BCUT2D eigenvalue weighted by Gasteiger charge is 2.30. The van der Waals surface area contributed by atoms with Gasteiger partial charge in [0.05, 0.1) is 11.7 Å². The number of nitrogens with one attached hydrogen (secondary N) is 1. The molecule has 0 aliphatic carbocycles. The number of aryl methyl sites for hydroxylation is 1. The summed E-state index contributed by atoms with van der Waals surface area (Å²) in [6.45, 7) is 2.94. The third kappa shape index (κ3) is 4.53.